The van der Waals surface area contributed by atoms with Gasteiger partial charge in [0.2, 0.25) is 5.78 Å². The molecule has 2 nitrogen and oxygen atoms in total. The second kappa shape index (κ2) is 5.97. The first kappa shape index (κ1) is 11.4. The van der Waals surface area contributed by atoms with Crippen molar-refractivity contribution in [1.29, 1.82) is 0 Å². The third-order valence-corrected chi connectivity index (χ3v) is 2.79. The van der Waals surface area contributed by atoms with Gasteiger partial charge < -0.3 is 5.32 Å². The Bertz CT molecular complexity index is 214. The van der Waals surface area contributed by atoms with Crippen LogP contribution in [0.25, 0.3) is 0 Å². The van der Waals surface area contributed by atoms with E-state index in [0.29, 0.717) is 5.78 Å². The Morgan fingerprint density at radius 1 is 1.50 bits per heavy atom. The Balaban J connectivity index is 2.57. The molecule has 2 N–H and O–H groups in total. The van der Waals surface area contributed by atoms with Crippen molar-refractivity contribution in [2.45, 2.75) is 52.0 Å². The van der Waals surface area contributed by atoms with E-state index in [1.165, 1.54) is 6.42 Å². The van der Waals surface area contributed by atoms with Crippen molar-refractivity contribution >= 4 is 5.78 Å². The number of hydrogen-bond acceptors (Lipinski definition) is 1. The number of hydrogen-bond donors (Lipinski definition) is 1. The number of quaternary nitrogens is 1. The van der Waals surface area contributed by atoms with E-state index in [9.17, 15) is 4.79 Å². The fourth-order valence-corrected chi connectivity index (χ4v) is 2.09. The summed E-state index contributed by atoms with van der Waals surface area (Å²) in [5.41, 5.74) is 1.07. The third-order valence-electron chi connectivity index (χ3n) is 2.79. The molecule has 0 bridgehead atoms. The van der Waals surface area contributed by atoms with Gasteiger partial charge in [0, 0.05) is 12.8 Å². The van der Waals surface area contributed by atoms with Crippen LogP contribution < -0.4 is 5.32 Å². The van der Waals surface area contributed by atoms with Crippen LogP contribution in [0.15, 0.2) is 11.6 Å². The van der Waals surface area contributed by atoms with E-state index in [-0.39, 0.29) is 6.04 Å². The highest BCUT2D eigenvalue weighted by atomic mass is 16.1. The minimum absolute atomic E-state index is 0.236. The van der Waals surface area contributed by atoms with E-state index in [2.05, 4.69) is 25.2 Å². The second-order valence-electron chi connectivity index (χ2n) is 4.02. The number of carbonyl (C=O) groups excluding carboxylic acids is 1. The normalized spacial score (nSPS) is 22.7. The Hall–Kier alpha value is -0.630. The van der Waals surface area contributed by atoms with Gasteiger partial charge in [0.25, 0.3) is 0 Å². The zero-order chi connectivity index (χ0) is 10.4. The summed E-state index contributed by atoms with van der Waals surface area (Å²) < 4.78 is 0. The molecule has 1 aliphatic heterocycles. The molecule has 0 aromatic rings. The van der Waals surface area contributed by atoms with Crippen LogP contribution in [-0.4, -0.2) is 18.4 Å². The first-order chi connectivity index (χ1) is 6.79. The largest absolute Gasteiger partial charge is 0.337 e. The molecule has 1 fully saturated rings. The molecule has 0 aliphatic carbocycles. The summed E-state index contributed by atoms with van der Waals surface area (Å²) in [6, 6.07) is 0.236. The summed E-state index contributed by atoms with van der Waals surface area (Å²) in [5, 5.41) is 2.20. The molecular weight excluding hydrogens is 174 g/mol. The van der Waals surface area contributed by atoms with Gasteiger partial charge >= 0.3 is 0 Å². The highest BCUT2D eigenvalue weighted by Gasteiger charge is 2.27. The molecule has 2 heteroatoms. The molecule has 80 valence electrons. The maximum Gasteiger partial charge on any atom is 0.215 e. The number of allylic oxidation sites excluding steroid dienone is 1. The average molecular weight is 196 g/mol. The zero-order valence-corrected chi connectivity index (χ0v) is 9.38. The van der Waals surface area contributed by atoms with E-state index < -0.39 is 0 Å². The van der Waals surface area contributed by atoms with Crippen molar-refractivity contribution in [2.75, 3.05) is 6.54 Å². The summed E-state index contributed by atoms with van der Waals surface area (Å²) in [4.78, 5) is 12.0. The Morgan fingerprint density at radius 3 is 2.79 bits per heavy atom. The van der Waals surface area contributed by atoms with Crippen LogP contribution >= 0.6 is 0 Å². The van der Waals surface area contributed by atoms with Crippen LogP contribution in [0, 0.1) is 0 Å². The van der Waals surface area contributed by atoms with Gasteiger partial charge in [0.1, 0.15) is 6.04 Å². The lowest BCUT2D eigenvalue weighted by Gasteiger charge is -2.09. The number of rotatable bonds is 5. The Labute approximate surface area is 86.8 Å². The molecule has 0 radical (unpaired) electrons. The van der Waals surface area contributed by atoms with Gasteiger partial charge in [0.05, 0.1) is 6.54 Å². The molecule has 1 rings (SSSR count). The van der Waals surface area contributed by atoms with Crippen molar-refractivity contribution in [3.63, 3.8) is 0 Å². The number of carbonyl (C=O) groups is 1. The fraction of sp³-hybridized carbons (Fsp3) is 0.750. The average Bonchev–Trinajstić information content (AvgIpc) is 2.69. The second-order valence-corrected chi connectivity index (χ2v) is 4.02. The van der Waals surface area contributed by atoms with Gasteiger partial charge in [0.15, 0.2) is 0 Å². The van der Waals surface area contributed by atoms with Gasteiger partial charge in [-0.25, -0.2) is 0 Å². The molecule has 14 heavy (non-hydrogen) atoms. The number of nitrogens with two attached hydrogens (primary N) is 1. The highest BCUT2D eigenvalue weighted by molar-refractivity contribution is 5.98. The summed E-state index contributed by atoms with van der Waals surface area (Å²) in [6.07, 6.45) is 7.39. The summed E-state index contributed by atoms with van der Waals surface area (Å²) in [7, 11) is 0. The van der Waals surface area contributed by atoms with Crippen LogP contribution in [0.3, 0.4) is 0 Å². The predicted octanol–water partition coefficient (Wildman–Crippen LogP) is 1.42. The number of Topliss-reactive ketones (excluding diaryl/α,β-unsaturated/α-hetero) is 1. The highest BCUT2D eigenvalue weighted by Crippen LogP contribution is 2.12. The minimum Gasteiger partial charge on any atom is -0.337 e. The van der Waals surface area contributed by atoms with E-state index in [4.69, 9.17) is 0 Å². The first-order valence-electron chi connectivity index (χ1n) is 5.86. The van der Waals surface area contributed by atoms with Gasteiger partial charge in [-0.3, -0.25) is 4.79 Å². The van der Waals surface area contributed by atoms with Gasteiger partial charge in [-0.1, -0.05) is 26.3 Å². The standard InChI is InChI=1S/C12H21NO/c1-3-6-10(7-4-2)12(14)11-8-5-9-13-11/h6,11,13H,3-5,7-9H2,1-2H3/p+1. The summed E-state index contributed by atoms with van der Waals surface area (Å²) in [5.74, 6) is 0.395. The maximum absolute atomic E-state index is 12.0. The molecule has 1 heterocycles. The lowest BCUT2D eigenvalue weighted by Crippen LogP contribution is -2.88. The van der Waals surface area contributed by atoms with Crippen molar-refractivity contribution in [3.05, 3.63) is 11.6 Å². The van der Waals surface area contributed by atoms with Crippen molar-refractivity contribution in [3.8, 4) is 0 Å². The Kier molecular flexibility index (Phi) is 4.88. The molecule has 1 unspecified atom stereocenters. The van der Waals surface area contributed by atoms with Crippen LogP contribution in [0.4, 0.5) is 0 Å². The van der Waals surface area contributed by atoms with Gasteiger partial charge in [-0.05, 0) is 18.4 Å². The van der Waals surface area contributed by atoms with Crippen LogP contribution in [0.2, 0.25) is 0 Å². The molecule has 0 aromatic heterocycles. The van der Waals surface area contributed by atoms with Crippen LogP contribution in [0.1, 0.15) is 46.0 Å². The number of ketones is 1. The molecule has 0 saturated carbocycles. The molecule has 0 amide bonds. The molecule has 0 aromatic carbocycles. The summed E-state index contributed by atoms with van der Waals surface area (Å²) in [6.45, 7) is 5.36. The van der Waals surface area contributed by atoms with Gasteiger partial charge in [-0.2, -0.15) is 0 Å². The predicted molar refractivity (Wildman–Crippen MR) is 58.1 cm³/mol. The Morgan fingerprint density at radius 2 is 2.29 bits per heavy atom. The van der Waals surface area contributed by atoms with Crippen LogP contribution in [0.5, 0.6) is 0 Å². The van der Waals surface area contributed by atoms with Crippen molar-refractivity contribution in [2.24, 2.45) is 0 Å². The first-order valence-corrected chi connectivity index (χ1v) is 5.86. The molecule has 1 aliphatic rings. The summed E-state index contributed by atoms with van der Waals surface area (Å²) >= 11 is 0. The van der Waals surface area contributed by atoms with Crippen molar-refractivity contribution in [1.82, 2.24) is 0 Å². The van der Waals surface area contributed by atoms with Gasteiger partial charge in [-0.15, -0.1) is 0 Å². The lowest BCUT2D eigenvalue weighted by molar-refractivity contribution is -0.656. The van der Waals surface area contributed by atoms with Crippen molar-refractivity contribution < 1.29 is 10.1 Å². The fourth-order valence-electron chi connectivity index (χ4n) is 2.09. The smallest absolute Gasteiger partial charge is 0.215 e. The van der Waals surface area contributed by atoms with E-state index in [0.717, 1.165) is 37.8 Å². The topological polar surface area (TPSA) is 33.7 Å². The lowest BCUT2D eigenvalue weighted by atomic mass is 9.98. The molecule has 1 saturated heterocycles. The van der Waals surface area contributed by atoms with Crippen LogP contribution in [-0.2, 0) is 4.79 Å². The van der Waals surface area contributed by atoms with E-state index in [1.807, 2.05) is 0 Å². The monoisotopic (exact) mass is 196 g/mol. The minimum atomic E-state index is 0.236. The maximum atomic E-state index is 12.0. The molecular formula is C12H22NO+. The SMILES string of the molecule is CCC=C(CCC)C(=O)C1CCC[NH2+]1. The third kappa shape index (κ3) is 2.95. The molecule has 1 atom stereocenters. The zero-order valence-electron chi connectivity index (χ0n) is 9.38. The van der Waals surface area contributed by atoms with E-state index in [1.54, 1.807) is 0 Å². The quantitative estimate of drug-likeness (QED) is 0.663. The van der Waals surface area contributed by atoms with E-state index >= 15 is 0 Å². The molecule has 0 spiro atoms.